The number of aliphatic carboxylic acids is 2. The van der Waals surface area contributed by atoms with Gasteiger partial charge in [-0.1, -0.05) is 36.4 Å². The van der Waals surface area contributed by atoms with Gasteiger partial charge in [-0.15, -0.1) is 0 Å². The molecule has 1 aliphatic carbocycles. The average Bonchev–Trinajstić information content (AvgIpc) is 2.36. The number of fused-ring (bicyclic) bond motifs is 4. The first-order valence-corrected chi connectivity index (χ1v) is 6.26. The molecule has 4 nitrogen and oxygen atoms in total. The Kier molecular flexibility index (Phi) is 2.79. The fraction of sp³-hybridized carbons (Fsp3) is 0.125. The van der Waals surface area contributed by atoms with Crippen LogP contribution in [0.5, 0.6) is 0 Å². The van der Waals surface area contributed by atoms with Crippen LogP contribution in [0.1, 0.15) is 11.1 Å². The van der Waals surface area contributed by atoms with Gasteiger partial charge in [-0.2, -0.15) is 0 Å². The van der Waals surface area contributed by atoms with Crippen LogP contribution in [0, 0.1) is 0 Å². The lowest BCUT2D eigenvalue weighted by molar-refractivity contribution is -0.137. The number of hydrogen-bond donors (Lipinski definition) is 2. The molecule has 0 unspecified atom stereocenters. The Bertz CT molecular complexity index is 731. The molecule has 0 heterocycles. The fourth-order valence-corrected chi connectivity index (χ4v) is 2.78. The van der Waals surface area contributed by atoms with Crippen LogP contribution in [0.15, 0.2) is 36.4 Å². The van der Waals surface area contributed by atoms with Crippen molar-refractivity contribution in [1.82, 2.24) is 0 Å². The summed E-state index contributed by atoms with van der Waals surface area (Å²) in [6, 6.07) is 11.4. The lowest BCUT2D eigenvalue weighted by atomic mass is 9.75. The van der Waals surface area contributed by atoms with E-state index in [1.54, 1.807) is 6.07 Å². The Balaban J connectivity index is 2.15. The lowest BCUT2D eigenvalue weighted by Crippen LogP contribution is -2.13. The van der Waals surface area contributed by atoms with E-state index >= 15 is 0 Å². The summed E-state index contributed by atoms with van der Waals surface area (Å²) in [6.45, 7) is 0. The van der Waals surface area contributed by atoms with E-state index in [9.17, 15) is 9.59 Å². The van der Waals surface area contributed by atoms with Gasteiger partial charge in [-0.05, 0) is 33.4 Å². The molecule has 3 rings (SSSR count). The summed E-state index contributed by atoms with van der Waals surface area (Å²) in [5.41, 5.74) is 5.19. The Labute approximate surface area is 115 Å². The Morgan fingerprint density at radius 1 is 0.800 bits per heavy atom. The van der Waals surface area contributed by atoms with E-state index in [2.05, 4.69) is 0 Å². The zero-order chi connectivity index (χ0) is 14.3. The van der Waals surface area contributed by atoms with Gasteiger partial charge in [0.2, 0.25) is 0 Å². The molecule has 0 radical (unpaired) electrons. The van der Waals surface area contributed by atoms with Gasteiger partial charge in [0.05, 0.1) is 12.8 Å². The van der Waals surface area contributed by atoms with E-state index in [1.165, 1.54) is 0 Å². The van der Waals surface area contributed by atoms with Crippen molar-refractivity contribution in [2.75, 3.05) is 0 Å². The molecule has 0 fully saturated rings. The highest BCUT2D eigenvalue weighted by Gasteiger charge is 2.27. The van der Waals surface area contributed by atoms with Crippen molar-refractivity contribution in [3.05, 3.63) is 47.5 Å². The van der Waals surface area contributed by atoms with Crippen LogP contribution < -0.4 is 0 Å². The summed E-state index contributed by atoms with van der Waals surface area (Å²) in [7, 11) is 0. The van der Waals surface area contributed by atoms with Gasteiger partial charge in [-0.25, -0.2) is 0 Å². The molecule has 100 valence electrons. The fourth-order valence-electron chi connectivity index (χ4n) is 2.78. The number of carboxylic acids is 2. The van der Waals surface area contributed by atoms with E-state index < -0.39 is 11.9 Å². The molecular weight excluding hydrogens is 256 g/mol. The van der Waals surface area contributed by atoms with Crippen LogP contribution in [0.3, 0.4) is 0 Å². The molecule has 1 aliphatic rings. The molecule has 4 heteroatoms. The maximum Gasteiger partial charge on any atom is 0.307 e. The minimum absolute atomic E-state index is 0.153. The van der Waals surface area contributed by atoms with Gasteiger partial charge in [0.15, 0.2) is 0 Å². The van der Waals surface area contributed by atoms with Crippen molar-refractivity contribution >= 4 is 11.9 Å². The van der Waals surface area contributed by atoms with E-state index in [-0.39, 0.29) is 12.8 Å². The first-order chi connectivity index (χ1) is 9.58. The van der Waals surface area contributed by atoms with E-state index in [4.69, 9.17) is 10.2 Å². The molecule has 0 saturated carbocycles. The number of carbonyl (C=O) groups is 2. The van der Waals surface area contributed by atoms with Gasteiger partial charge < -0.3 is 10.2 Å². The summed E-state index contributed by atoms with van der Waals surface area (Å²) in [5, 5.41) is 18.0. The molecule has 0 bridgehead atoms. The monoisotopic (exact) mass is 268 g/mol. The molecule has 0 saturated heterocycles. The minimum atomic E-state index is -0.954. The first kappa shape index (κ1) is 12.4. The van der Waals surface area contributed by atoms with Gasteiger partial charge in [0.1, 0.15) is 0 Å². The third-order valence-electron chi connectivity index (χ3n) is 3.57. The SMILES string of the molecule is O=C(O)Cc1ccc2c(c1CC(=O)O)-c1ccccc1-2. The molecule has 0 aromatic heterocycles. The molecule has 2 aromatic rings. The number of rotatable bonds is 4. The largest absolute Gasteiger partial charge is 0.481 e. The minimum Gasteiger partial charge on any atom is -0.481 e. The second kappa shape index (κ2) is 4.49. The van der Waals surface area contributed by atoms with Gasteiger partial charge in [0, 0.05) is 0 Å². The standard InChI is InChI=1S/C16H12O4/c17-14(18)7-9-5-6-12-10-3-1-2-4-11(10)16(12)13(9)8-15(19)20/h1-6H,7-8H2,(H,17,18)(H,19,20). The molecule has 2 N–H and O–H groups in total. The van der Waals surface area contributed by atoms with Crippen LogP contribution >= 0.6 is 0 Å². The number of hydrogen-bond acceptors (Lipinski definition) is 2. The predicted octanol–water partition coefficient (Wildman–Crippen LogP) is 2.59. The van der Waals surface area contributed by atoms with Crippen molar-refractivity contribution in [2.45, 2.75) is 12.8 Å². The highest BCUT2D eigenvalue weighted by Crippen LogP contribution is 2.49. The van der Waals surface area contributed by atoms with Gasteiger partial charge in [0.25, 0.3) is 0 Å². The first-order valence-electron chi connectivity index (χ1n) is 6.26. The average molecular weight is 268 g/mol. The zero-order valence-corrected chi connectivity index (χ0v) is 10.6. The topological polar surface area (TPSA) is 74.6 Å². The van der Waals surface area contributed by atoms with Crippen molar-refractivity contribution in [1.29, 1.82) is 0 Å². The Morgan fingerprint density at radius 2 is 1.45 bits per heavy atom. The van der Waals surface area contributed by atoms with Crippen LogP contribution in [0.4, 0.5) is 0 Å². The molecule has 0 atom stereocenters. The van der Waals surface area contributed by atoms with Crippen LogP contribution in [0.2, 0.25) is 0 Å². The zero-order valence-electron chi connectivity index (χ0n) is 10.6. The summed E-state index contributed by atoms with van der Waals surface area (Å²) in [6.07, 6.45) is -0.307. The van der Waals surface area contributed by atoms with Crippen molar-refractivity contribution < 1.29 is 19.8 Å². The molecule has 0 spiro atoms. The smallest absolute Gasteiger partial charge is 0.307 e. The molecule has 2 aromatic carbocycles. The van der Waals surface area contributed by atoms with Crippen LogP contribution in [-0.4, -0.2) is 22.2 Å². The molecule has 0 aliphatic heterocycles. The summed E-state index contributed by atoms with van der Waals surface area (Å²) >= 11 is 0. The molecule has 0 amide bonds. The normalized spacial score (nSPS) is 11.2. The summed E-state index contributed by atoms with van der Waals surface area (Å²) in [5.74, 6) is -1.90. The second-order valence-corrected chi connectivity index (χ2v) is 4.81. The molecular formula is C16H12O4. The highest BCUT2D eigenvalue weighted by atomic mass is 16.4. The number of benzene rings is 2. The maximum atomic E-state index is 11.1. The number of carboxylic acid groups (broad SMARTS) is 2. The van der Waals surface area contributed by atoms with Gasteiger partial charge >= 0.3 is 11.9 Å². The van der Waals surface area contributed by atoms with E-state index in [0.29, 0.717) is 11.1 Å². The Morgan fingerprint density at radius 3 is 2.10 bits per heavy atom. The third kappa shape index (κ3) is 1.86. The second-order valence-electron chi connectivity index (χ2n) is 4.81. The highest BCUT2D eigenvalue weighted by molar-refractivity contribution is 6.05. The van der Waals surface area contributed by atoms with Crippen molar-refractivity contribution in [3.63, 3.8) is 0 Å². The van der Waals surface area contributed by atoms with Crippen LogP contribution in [0.25, 0.3) is 22.3 Å². The summed E-state index contributed by atoms with van der Waals surface area (Å²) < 4.78 is 0. The van der Waals surface area contributed by atoms with E-state index in [1.807, 2.05) is 30.3 Å². The lowest BCUT2D eigenvalue weighted by Gasteiger charge is -2.28. The predicted molar refractivity (Wildman–Crippen MR) is 73.6 cm³/mol. The van der Waals surface area contributed by atoms with Crippen molar-refractivity contribution in [2.24, 2.45) is 0 Å². The Hall–Kier alpha value is -2.62. The van der Waals surface area contributed by atoms with E-state index in [0.717, 1.165) is 22.3 Å². The molecule has 20 heavy (non-hydrogen) atoms. The van der Waals surface area contributed by atoms with Crippen molar-refractivity contribution in [3.8, 4) is 22.3 Å². The quantitative estimate of drug-likeness (QED) is 0.762. The van der Waals surface area contributed by atoms with Gasteiger partial charge in [-0.3, -0.25) is 9.59 Å². The maximum absolute atomic E-state index is 11.1. The third-order valence-corrected chi connectivity index (χ3v) is 3.57. The van der Waals surface area contributed by atoms with Crippen LogP contribution in [-0.2, 0) is 22.4 Å². The summed E-state index contributed by atoms with van der Waals surface area (Å²) in [4.78, 5) is 22.0.